The first-order valence-electron chi connectivity index (χ1n) is 15.5. The van der Waals surface area contributed by atoms with Crippen molar-refractivity contribution in [2.24, 2.45) is 0 Å². The zero-order valence-corrected chi connectivity index (χ0v) is 25.8. The summed E-state index contributed by atoms with van der Waals surface area (Å²) in [6.45, 7) is 8.49. The molecule has 0 aliphatic carbocycles. The minimum absolute atomic E-state index is 0.192. The zero-order valence-electron chi connectivity index (χ0n) is 25.8. The predicted octanol–water partition coefficient (Wildman–Crippen LogP) is 4.54. The molecule has 0 saturated carbocycles. The molecule has 2 fully saturated rings. The molecule has 9 nitrogen and oxygen atoms in total. The van der Waals surface area contributed by atoms with Crippen LogP contribution in [0.4, 0.5) is 0 Å². The van der Waals surface area contributed by atoms with Gasteiger partial charge in [0.1, 0.15) is 36.6 Å². The number of aliphatic hydroxyl groups excluding tert-OH is 2. The van der Waals surface area contributed by atoms with E-state index in [0.717, 1.165) is 16.7 Å². The normalized spacial score (nSPS) is 31.8. The van der Waals surface area contributed by atoms with E-state index in [4.69, 9.17) is 33.2 Å². The highest BCUT2D eigenvalue weighted by atomic mass is 16.7. The van der Waals surface area contributed by atoms with Crippen LogP contribution in [0, 0.1) is 0 Å². The summed E-state index contributed by atoms with van der Waals surface area (Å²) in [5.74, 6) is 0. The second kappa shape index (κ2) is 16.6. The van der Waals surface area contributed by atoms with Gasteiger partial charge in [-0.15, -0.1) is 6.58 Å². The van der Waals surface area contributed by atoms with E-state index in [9.17, 15) is 10.2 Å². The second-order valence-corrected chi connectivity index (χ2v) is 11.4. The van der Waals surface area contributed by atoms with Crippen molar-refractivity contribution in [3.63, 3.8) is 0 Å². The van der Waals surface area contributed by atoms with Crippen LogP contribution in [0.15, 0.2) is 104 Å². The van der Waals surface area contributed by atoms with Crippen LogP contribution >= 0.6 is 0 Å². The van der Waals surface area contributed by atoms with Gasteiger partial charge in [0.15, 0.2) is 12.6 Å². The molecule has 3 aromatic carbocycles. The second-order valence-electron chi connectivity index (χ2n) is 11.4. The van der Waals surface area contributed by atoms with Crippen LogP contribution in [0.5, 0.6) is 0 Å². The van der Waals surface area contributed by atoms with Crippen LogP contribution < -0.4 is 0 Å². The van der Waals surface area contributed by atoms with Crippen molar-refractivity contribution in [2.45, 2.75) is 95.1 Å². The van der Waals surface area contributed by atoms with Gasteiger partial charge in [-0.05, 0) is 30.5 Å². The third kappa shape index (κ3) is 8.86. The molecule has 2 heterocycles. The molecular formula is C36H44O9. The number of ether oxygens (including phenoxy) is 7. The summed E-state index contributed by atoms with van der Waals surface area (Å²) in [6.07, 6.45) is -7.05. The van der Waals surface area contributed by atoms with Crippen LogP contribution in [0.25, 0.3) is 0 Å². The van der Waals surface area contributed by atoms with Crippen LogP contribution in [-0.4, -0.2) is 78.2 Å². The van der Waals surface area contributed by atoms with Gasteiger partial charge in [-0.3, -0.25) is 0 Å². The Morgan fingerprint density at radius 3 is 1.53 bits per heavy atom. The standard InChI is InChI=1S/C36H44O9/c1-4-20-39-32-29(37)36(44-25(3)30(32)40-21-26-14-8-5-9-15-26)45-34-33(42-23-28-18-12-7-13-19-28)31(24(2)43-35(34)38)41-22-27-16-10-6-11-17-27/h4-19,24-25,29-38H,1,20-23H2,2-3H3/t24-,25-,29-,30-,31-,32-,33+,34-,35-,36+/m1/s1. The molecule has 2 saturated heterocycles. The molecular weight excluding hydrogens is 576 g/mol. The summed E-state index contributed by atoms with van der Waals surface area (Å²) in [6, 6.07) is 29.3. The highest BCUT2D eigenvalue weighted by molar-refractivity contribution is 5.15. The van der Waals surface area contributed by atoms with E-state index in [-0.39, 0.29) is 13.2 Å². The fourth-order valence-electron chi connectivity index (χ4n) is 5.71. The van der Waals surface area contributed by atoms with Gasteiger partial charge in [0.2, 0.25) is 0 Å². The van der Waals surface area contributed by atoms with Gasteiger partial charge in [-0.1, -0.05) is 97.1 Å². The van der Waals surface area contributed by atoms with Gasteiger partial charge in [0.25, 0.3) is 0 Å². The van der Waals surface area contributed by atoms with E-state index in [1.54, 1.807) is 6.08 Å². The van der Waals surface area contributed by atoms with Crippen molar-refractivity contribution < 1.29 is 43.4 Å². The van der Waals surface area contributed by atoms with E-state index in [0.29, 0.717) is 13.2 Å². The third-order valence-electron chi connectivity index (χ3n) is 8.05. The van der Waals surface area contributed by atoms with Crippen molar-refractivity contribution >= 4 is 0 Å². The van der Waals surface area contributed by atoms with Crippen molar-refractivity contribution in [3.8, 4) is 0 Å². The minimum atomic E-state index is -1.37. The lowest BCUT2D eigenvalue weighted by molar-refractivity contribution is -0.367. The average molecular weight is 621 g/mol. The molecule has 0 aromatic heterocycles. The Hall–Kier alpha value is -2.96. The third-order valence-corrected chi connectivity index (χ3v) is 8.05. The number of rotatable bonds is 14. The van der Waals surface area contributed by atoms with E-state index in [2.05, 4.69) is 6.58 Å². The fourth-order valence-corrected chi connectivity index (χ4v) is 5.71. The van der Waals surface area contributed by atoms with Crippen molar-refractivity contribution in [1.82, 2.24) is 0 Å². The van der Waals surface area contributed by atoms with Crippen LogP contribution in [0.3, 0.4) is 0 Å². The molecule has 0 amide bonds. The number of benzene rings is 3. The van der Waals surface area contributed by atoms with E-state index >= 15 is 0 Å². The Morgan fingerprint density at radius 1 is 0.600 bits per heavy atom. The molecule has 2 aliphatic rings. The molecule has 2 N–H and O–H groups in total. The molecule has 242 valence electrons. The summed E-state index contributed by atoms with van der Waals surface area (Å²) in [5, 5.41) is 22.7. The summed E-state index contributed by atoms with van der Waals surface area (Å²) in [7, 11) is 0. The average Bonchev–Trinajstić information content (AvgIpc) is 3.06. The van der Waals surface area contributed by atoms with Crippen molar-refractivity contribution in [1.29, 1.82) is 0 Å². The van der Waals surface area contributed by atoms with E-state index < -0.39 is 61.4 Å². The summed E-state index contributed by atoms with van der Waals surface area (Å²) in [5.41, 5.74) is 2.92. The smallest absolute Gasteiger partial charge is 0.187 e. The topological polar surface area (TPSA) is 105 Å². The Labute approximate surface area is 265 Å². The summed E-state index contributed by atoms with van der Waals surface area (Å²) < 4.78 is 43.5. The maximum Gasteiger partial charge on any atom is 0.187 e. The lowest BCUT2D eigenvalue weighted by Crippen LogP contribution is -2.64. The molecule has 0 unspecified atom stereocenters. The molecule has 2 aliphatic heterocycles. The van der Waals surface area contributed by atoms with Gasteiger partial charge in [-0.2, -0.15) is 0 Å². The molecule has 45 heavy (non-hydrogen) atoms. The fraction of sp³-hybridized carbons (Fsp3) is 0.444. The lowest BCUT2D eigenvalue weighted by atomic mass is 9.97. The Morgan fingerprint density at radius 2 is 1.04 bits per heavy atom. The molecule has 0 bridgehead atoms. The highest BCUT2D eigenvalue weighted by Gasteiger charge is 2.51. The van der Waals surface area contributed by atoms with Crippen molar-refractivity contribution in [3.05, 3.63) is 120 Å². The van der Waals surface area contributed by atoms with Gasteiger partial charge in [0.05, 0.1) is 38.6 Å². The molecule has 10 atom stereocenters. The van der Waals surface area contributed by atoms with Gasteiger partial charge >= 0.3 is 0 Å². The van der Waals surface area contributed by atoms with Crippen molar-refractivity contribution in [2.75, 3.05) is 6.61 Å². The Kier molecular flexibility index (Phi) is 12.3. The number of hydrogen-bond acceptors (Lipinski definition) is 9. The molecule has 3 aromatic rings. The quantitative estimate of drug-likeness (QED) is 0.251. The first kappa shape index (κ1) is 33.4. The van der Waals surface area contributed by atoms with Crippen LogP contribution in [0.2, 0.25) is 0 Å². The first-order chi connectivity index (χ1) is 21.9. The van der Waals surface area contributed by atoms with Crippen LogP contribution in [0.1, 0.15) is 30.5 Å². The molecule has 0 radical (unpaired) electrons. The first-order valence-corrected chi connectivity index (χ1v) is 15.5. The SMILES string of the molecule is C=CCO[C@@H]1[C@@H](O)[C@H](O[C@@H]2[C@@H](OCc3ccccc3)[C@H](OCc3ccccc3)[C@@H](C)O[C@H]2O)O[C@H](C)[C@H]1OCc1ccccc1. The maximum absolute atomic E-state index is 11.5. The Balaban J connectivity index is 1.34. The molecule has 5 rings (SSSR count). The van der Waals surface area contributed by atoms with Gasteiger partial charge in [-0.25, -0.2) is 0 Å². The number of hydrogen-bond donors (Lipinski definition) is 2. The van der Waals surface area contributed by atoms with Gasteiger partial charge < -0.3 is 43.4 Å². The number of aliphatic hydroxyl groups is 2. The summed E-state index contributed by atoms with van der Waals surface area (Å²) in [4.78, 5) is 0. The molecule has 0 spiro atoms. The maximum atomic E-state index is 11.5. The minimum Gasteiger partial charge on any atom is -0.385 e. The monoisotopic (exact) mass is 620 g/mol. The Bertz CT molecular complexity index is 1280. The molecule has 9 heteroatoms. The summed E-state index contributed by atoms with van der Waals surface area (Å²) >= 11 is 0. The van der Waals surface area contributed by atoms with E-state index in [1.807, 2.05) is 105 Å². The van der Waals surface area contributed by atoms with Gasteiger partial charge in [0, 0.05) is 0 Å². The lowest BCUT2D eigenvalue weighted by Gasteiger charge is -2.48. The van der Waals surface area contributed by atoms with Crippen LogP contribution in [-0.2, 0) is 53.0 Å². The highest BCUT2D eigenvalue weighted by Crippen LogP contribution is 2.33. The zero-order chi connectivity index (χ0) is 31.6. The van der Waals surface area contributed by atoms with E-state index in [1.165, 1.54) is 0 Å². The largest absolute Gasteiger partial charge is 0.385 e. The predicted molar refractivity (Wildman–Crippen MR) is 167 cm³/mol.